The van der Waals surface area contributed by atoms with E-state index in [1.807, 2.05) is 0 Å². The number of hydrazone groups is 1. The smallest absolute Gasteiger partial charge is 0.355 e. The van der Waals surface area contributed by atoms with Crippen molar-refractivity contribution in [2.24, 2.45) is 5.10 Å². The molecule has 0 saturated heterocycles. The van der Waals surface area contributed by atoms with Crippen molar-refractivity contribution in [2.75, 3.05) is 14.2 Å². The van der Waals surface area contributed by atoms with Gasteiger partial charge in [0.25, 0.3) is 0 Å². The number of rotatable bonds is 3. The molecule has 0 saturated carbocycles. The molecule has 1 heterocycles. The van der Waals surface area contributed by atoms with E-state index in [-0.39, 0.29) is 11.3 Å². The van der Waals surface area contributed by atoms with E-state index in [1.54, 1.807) is 25.1 Å². The Kier molecular flexibility index (Phi) is 5.28. The maximum absolute atomic E-state index is 12.2. The Labute approximate surface area is 143 Å². The molecule has 0 bridgehead atoms. The lowest BCUT2D eigenvalue weighted by Crippen LogP contribution is -2.35. The number of halogens is 2. The van der Waals surface area contributed by atoms with Gasteiger partial charge in [0.1, 0.15) is 0 Å². The molecule has 1 N–H and O–H groups in total. The zero-order valence-corrected chi connectivity index (χ0v) is 14.2. The van der Waals surface area contributed by atoms with Crippen LogP contribution in [0.1, 0.15) is 18.4 Å². The molecule has 0 aliphatic carbocycles. The number of esters is 2. The topological polar surface area (TPSA) is 77.0 Å². The average molecular weight is 357 g/mol. The summed E-state index contributed by atoms with van der Waals surface area (Å²) in [6, 6.07) is 4.90. The van der Waals surface area contributed by atoms with Crippen LogP contribution in [0.25, 0.3) is 0 Å². The van der Waals surface area contributed by atoms with Crippen LogP contribution in [0.2, 0.25) is 10.0 Å². The molecule has 23 heavy (non-hydrogen) atoms. The van der Waals surface area contributed by atoms with Crippen LogP contribution in [0.3, 0.4) is 0 Å². The van der Waals surface area contributed by atoms with Crippen LogP contribution in [0.5, 0.6) is 0 Å². The number of ether oxygens (including phenoxy) is 2. The van der Waals surface area contributed by atoms with Gasteiger partial charge in [0.2, 0.25) is 0 Å². The van der Waals surface area contributed by atoms with E-state index in [2.05, 4.69) is 10.5 Å². The number of methoxy groups -OCH3 is 2. The number of carbonyl (C=O) groups excluding carboxylic acids is 2. The summed E-state index contributed by atoms with van der Waals surface area (Å²) in [4.78, 5) is 24.3. The first-order valence-corrected chi connectivity index (χ1v) is 7.32. The fourth-order valence-corrected chi connectivity index (χ4v) is 2.95. The van der Waals surface area contributed by atoms with Gasteiger partial charge in [0.05, 0.1) is 25.7 Å². The predicted octanol–water partition coefficient (Wildman–Crippen LogP) is 2.66. The normalized spacial score (nSPS) is 17.3. The summed E-state index contributed by atoms with van der Waals surface area (Å²) in [6.45, 7) is 1.64. The largest absolute Gasteiger partial charge is 0.466 e. The molecule has 122 valence electrons. The Morgan fingerprint density at radius 2 is 1.70 bits per heavy atom. The van der Waals surface area contributed by atoms with Crippen molar-refractivity contribution in [2.45, 2.75) is 12.8 Å². The van der Waals surface area contributed by atoms with Crippen LogP contribution in [-0.2, 0) is 19.1 Å². The van der Waals surface area contributed by atoms with Crippen molar-refractivity contribution in [1.29, 1.82) is 0 Å². The van der Waals surface area contributed by atoms with Crippen molar-refractivity contribution in [3.8, 4) is 0 Å². The van der Waals surface area contributed by atoms with Crippen LogP contribution >= 0.6 is 23.2 Å². The molecule has 2 rings (SSSR count). The van der Waals surface area contributed by atoms with Gasteiger partial charge in [-0.3, -0.25) is 5.43 Å². The summed E-state index contributed by atoms with van der Waals surface area (Å²) in [7, 11) is 2.47. The number of allylic oxidation sites excluding steroid dienone is 1. The minimum atomic E-state index is -0.891. The maximum Gasteiger partial charge on any atom is 0.355 e. The highest BCUT2D eigenvalue weighted by atomic mass is 35.5. The summed E-state index contributed by atoms with van der Waals surface area (Å²) in [6.07, 6.45) is 0. The Hall–Kier alpha value is -2.05. The number of benzene rings is 1. The van der Waals surface area contributed by atoms with Crippen LogP contribution in [-0.4, -0.2) is 31.9 Å². The molecule has 0 fully saturated rings. The van der Waals surface area contributed by atoms with Gasteiger partial charge in [-0.2, -0.15) is 5.10 Å². The van der Waals surface area contributed by atoms with E-state index >= 15 is 0 Å². The van der Waals surface area contributed by atoms with Crippen molar-refractivity contribution in [3.05, 3.63) is 45.1 Å². The van der Waals surface area contributed by atoms with Crippen molar-refractivity contribution >= 4 is 40.9 Å². The quantitative estimate of drug-likeness (QED) is 0.842. The first kappa shape index (κ1) is 17.3. The molecule has 1 aromatic rings. The SMILES string of the molecule is COC(=O)C1=NNC(C)=C(C(=O)OC)C1c1c(Cl)cccc1Cl. The Balaban J connectivity index is 2.72. The van der Waals surface area contributed by atoms with Crippen LogP contribution < -0.4 is 5.43 Å². The van der Waals surface area contributed by atoms with Crippen LogP contribution in [0, 0.1) is 0 Å². The Morgan fingerprint density at radius 1 is 1.13 bits per heavy atom. The Bertz CT molecular complexity index is 708. The molecule has 0 spiro atoms. The van der Waals surface area contributed by atoms with Crippen LogP contribution in [0.15, 0.2) is 34.6 Å². The summed E-state index contributed by atoms with van der Waals surface area (Å²) in [5.74, 6) is -2.21. The number of hydrogen-bond donors (Lipinski definition) is 1. The van der Waals surface area contributed by atoms with Crippen molar-refractivity contribution < 1.29 is 19.1 Å². The van der Waals surface area contributed by atoms with Gasteiger partial charge in [-0.15, -0.1) is 0 Å². The third-order valence-electron chi connectivity index (χ3n) is 3.40. The van der Waals surface area contributed by atoms with Gasteiger partial charge in [-0.1, -0.05) is 29.3 Å². The fourth-order valence-electron chi connectivity index (χ4n) is 2.34. The molecule has 0 radical (unpaired) electrons. The molecule has 6 nitrogen and oxygen atoms in total. The monoisotopic (exact) mass is 356 g/mol. The number of hydrogen-bond acceptors (Lipinski definition) is 6. The first-order valence-electron chi connectivity index (χ1n) is 6.57. The Morgan fingerprint density at radius 3 is 2.22 bits per heavy atom. The number of nitrogens with one attached hydrogen (secondary N) is 1. The number of nitrogens with zero attached hydrogens (tertiary/aromatic N) is 1. The molecule has 0 aromatic heterocycles. The zero-order valence-electron chi connectivity index (χ0n) is 12.6. The van der Waals surface area contributed by atoms with Gasteiger partial charge >= 0.3 is 11.9 Å². The van der Waals surface area contributed by atoms with E-state index in [1.165, 1.54) is 14.2 Å². The molecule has 0 amide bonds. The molecule has 1 aliphatic heterocycles. The second kappa shape index (κ2) is 7.02. The average Bonchev–Trinajstić information content (AvgIpc) is 2.53. The van der Waals surface area contributed by atoms with Gasteiger partial charge < -0.3 is 9.47 Å². The lowest BCUT2D eigenvalue weighted by atomic mass is 9.84. The van der Waals surface area contributed by atoms with Gasteiger partial charge in [-0.25, -0.2) is 9.59 Å². The fraction of sp³-hybridized carbons (Fsp3) is 0.267. The van der Waals surface area contributed by atoms with Crippen molar-refractivity contribution in [3.63, 3.8) is 0 Å². The van der Waals surface area contributed by atoms with E-state index in [9.17, 15) is 9.59 Å². The summed E-state index contributed by atoms with van der Waals surface area (Å²) < 4.78 is 9.57. The minimum Gasteiger partial charge on any atom is -0.466 e. The number of carbonyl (C=O) groups is 2. The minimum absolute atomic E-state index is 0.0338. The first-order chi connectivity index (χ1) is 10.9. The van der Waals surface area contributed by atoms with Gasteiger partial charge in [-0.05, 0) is 19.1 Å². The molecule has 8 heteroatoms. The highest BCUT2D eigenvalue weighted by molar-refractivity contribution is 6.43. The highest BCUT2D eigenvalue weighted by Gasteiger charge is 2.39. The molecular weight excluding hydrogens is 343 g/mol. The predicted molar refractivity (Wildman–Crippen MR) is 86.5 cm³/mol. The summed E-state index contributed by atoms with van der Waals surface area (Å²) >= 11 is 12.5. The molecule has 1 aromatic carbocycles. The third kappa shape index (κ3) is 3.18. The van der Waals surface area contributed by atoms with Crippen molar-refractivity contribution in [1.82, 2.24) is 5.43 Å². The molecule has 1 unspecified atom stereocenters. The van der Waals surface area contributed by atoms with E-state index in [0.29, 0.717) is 21.3 Å². The van der Waals surface area contributed by atoms with E-state index in [4.69, 9.17) is 32.7 Å². The second-order valence-electron chi connectivity index (χ2n) is 4.70. The van der Waals surface area contributed by atoms with Crippen LogP contribution in [0.4, 0.5) is 0 Å². The molecular formula is C15H14Cl2N2O4. The molecule has 1 atom stereocenters. The van der Waals surface area contributed by atoms with Gasteiger partial charge in [0, 0.05) is 21.3 Å². The van der Waals surface area contributed by atoms with Gasteiger partial charge in [0.15, 0.2) is 5.71 Å². The summed E-state index contributed by atoms with van der Waals surface area (Å²) in [5.41, 5.74) is 3.62. The molecule has 1 aliphatic rings. The van der Waals surface area contributed by atoms with E-state index < -0.39 is 17.9 Å². The van der Waals surface area contributed by atoms with E-state index in [0.717, 1.165) is 0 Å². The zero-order chi connectivity index (χ0) is 17.1. The second-order valence-corrected chi connectivity index (χ2v) is 5.51. The lowest BCUT2D eigenvalue weighted by molar-refractivity contribution is -0.136. The summed E-state index contributed by atoms with van der Waals surface area (Å²) in [5, 5.41) is 4.60. The lowest BCUT2D eigenvalue weighted by Gasteiger charge is -2.27. The highest BCUT2D eigenvalue weighted by Crippen LogP contribution is 2.39. The standard InChI is InChI=1S/C15H14Cl2N2O4/c1-7-10(14(20)22-2)12(13(19-18-7)15(21)23-3)11-8(16)5-4-6-9(11)17/h4-6,12,18H,1-3H3. The third-order valence-corrected chi connectivity index (χ3v) is 4.06. The maximum atomic E-state index is 12.2.